The number of hydrogen-bond acceptors (Lipinski definition) is 4. The summed E-state index contributed by atoms with van der Waals surface area (Å²) in [7, 11) is 1.73. The smallest absolute Gasteiger partial charge is 0.289 e. The molecule has 5 nitrogen and oxygen atoms in total. The molecule has 2 heterocycles. The highest BCUT2D eigenvalue weighted by atomic mass is 16.5. The molecule has 0 unspecified atom stereocenters. The van der Waals surface area contributed by atoms with Crippen LogP contribution in [0.1, 0.15) is 35.6 Å². The maximum absolute atomic E-state index is 12.6. The van der Waals surface area contributed by atoms with Gasteiger partial charge in [0, 0.05) is 19.6 Å². The van der Waals surface area contributed by atoms with Crippen LogP contribution < -0.4 is 0 Å². The third-order valence-corrected chi connectivity index (χ3v) is 4.71. The Morgan fingerprint density at radius 1 is 1.52 bits per heavy atom. The van der Waals surface area contributed by atoms with Gasteiger partial charge in [-0.15, -0.1) is 0 Å². The van der Waals surface area contributed by atoms with Crippen molar-refractivity contribution in [3.8, 4) is 0 Å². The van der Waals surface area contributed by atoms with Crippen molar-refractivity contribution in [2.24, 2.45) is 5.92 Å². The molecule has 1 aliphatic heterocycles. The molecule has 1 aromatic rings. The minimum atomic E-state index is -0.231. The Bertz CT molecular complexity index is 512. The van der Waals surface area contributed by atoms with Crippen LogP contribution >= 0.6 is 0 Å². The van der Waals surface area contributed by atoms with Crippen molar-refractivity contribution in [2.75, 3.05) is 33.4 Å². The van der Waals surface area contributed by atoms with Gasteiger partial charge in [-0.3, -0.25) is 4.79 Å². The number of ether oxygens (including phenoxy) is 2. The maximum Gasteiger partial charge on any atom is 0.289 e. The van der Waals surface area contributed by atoms with Gasteiger partial charge in [0.15, 0.2) is 5.76 Å². The lowest BCUT2D eigenvalue weighted by atomic mass is 9.89. The highest BCUT2D eigenvalue weighted by Gasteiger charge is 2.48. The molecule has 1 saturated carbocycles. The number of nitrogens with zero attached hydrogens (tertiary/aromatic N) is 1. The number of methoxy groups -OCH3 is 1. The summed E-state index contributed by atoms with van der Waals surface area (Å²) in [4.78, 5) is 14.4. The van der Waals surface area contributed by atoms with E-state index in [9.17, 15) is 4.79 Å². The second-order valence-electron chi connectivity index (χ2n) is 6.09. The highest BCUT2D eigenvalue weighted by molar-refractivity contribution is 5.91. The Morgan fingerprint density at radius 2 is 2.38 bits per heavy atom. The second kappa shape index (κ2) is 5.81. The molecule has 2 aliphatic rings. The fourth-order valence-electron chi connectivity index (χ4n) is 3.63. The average Bonchev–Trinajstić information content (AvgIpc) is 3.07. The number of morpholine rings is 1. The molecule has 0 aromatic carbocycles. The minimum Gasteiger partial charge on any atom is -0.456 e. The van der Waals surface area contributed by atoms with Gasteiger partial charge in [0.2, 0.25) is 0 Å². The predicted octanol–water partition coefficient (Wildman–Crippen LogP) is 2.25. The van der Waals surface area contributed by atoms with Gasteiger partial charge in [-0.1, -0.05) is 6.42 Å². The van der Waals surface area contributed by atoms with Crippen molar-refractivity contribution in [1.82, 2.24) is 4.90 Å². The monoisotopic (exact) mass is 293 g/mol. The quantitative estimate of drug-likeness (QED) is 0.857. The first-order valence-electron chi connectivity index (χ1n) is 7.63. The lowest BCUT2D eigenvalue weighted by Gasteiger charge is -2.43. The van der Waals surface area contributed by atoms with E-state index < -0.39 is 0 Å². The number of rotatable bonds is 3. The molecule has 0 radical (unpaired) electrons. The zero-order chi connectivity index (χ0) is 14.9. The summed E-state index contributed by atoms with van der Waals surface area (Å²) < 4.78 is 16.9. The van der Waals surface area contributed by atoms with Crippen LogP contribution in [0, 0.1) is 12.8 Å². The Hall–Kier alpha value is -1.33. The Balaban J connectivity index is 1.75. The van der Waals surface area contributed by atoms with Crippen LogP contribution in [0.15, 0.2) is 16.5 Å². The molecule has 3 rings (SSSR count). The summed E-state index contributed by atoms with van der Waals surface area (Å²) in [5.74, 6) is 1.52. The molecule has 1 aliphatic carbocycles. The van der Waals surface area contributed by atoms with E-state index in [1.165, 1.54) is 0 Å². The zero-order valence-corrected chi connectivity index (χ0v) is 12.8. The van der Waals surface area contributed by atoms with Crippen LogP contribution in [0.3, 0.4) is 0 Å². The lowest BCUT2D eigenvalue weighted by molar-refractivity contribution is -0.131. The number of hydrogen-bond donors (Lipinski definition) is 0. The molecule has 116 valence electrons. The summed E-state index contributed by atoms with van der Waals surface area (Å²) in [5, 5.41) is 0. The number of carbonyl (C=O) groups excluding carboxylic acids is 1. The van der Waals surface area contributed by atoms with Crippen LogP contribution in [-0.2, 0) is 9.47 Å². The molecule has 1 amide bonds. The molecule has 1 aromatic heterocycles. The van der Waals surface area contributed by atoms with Gasteiger partial charge in [-0.25, -0.2) is 0 Å². The van der Waals surface area contributed by atoms with E-state index in [-0.39, 0.29) is 11.5 Å². The van der Waals surface area contributed by atoms with Crippen molar-refractivity contribution in [3.05, 3.63) is 23.7 Å². The Labute approximate surface area is 125 Å². The molecular weight excluding hydrogens is 270 g/mol. The number of aryl methyl sites for hydroxylation is 1. The van der Waals surface area contributed by atoms with Gasteiger partial charge in [-0.2, -0.15) is 0 Å². The molecule has 1 saturated heterocycles. The third kappa shape index (κ3) is 2.72. The summed E-state index contributed by atoms with van der Waals surface area (Å²) in [6.07, 6.45) is 3.24. The first-order chi connectivity index (χ1) is 10.1. The number of furan rings is 1. The first kappa shape index (κ1) is 14.6. The average molecular weight is 293 g/mol. The molecule has 2 fully saturated rings. The molecule has 0 bridgehead atoms. The summed E-state index contributed by atoms with van der Waals surface area (Å²) in [6.45, 7) is 4.40. The van der Waals surface area contributed by atoms with Crippen LogP contribution in [0.2, 0.25) is 0 Å². The maximum atomic E-state index is 12.6. The minimum absolute atomic E-state index is 0.0335. The van der Waals surface area contributed by atoms with Gasteiger partial charge >= 0.3 is 0 Å². The van der Waals surface area contributed by atoms with Gasteiger partial charge < -0.3 is 18.8 Å². The Morgan fingerprint density at radius 3 is 3.10 bits per heavy atom. The standard InChI is InChI=1S/C16H23NO4/c1-12-5-6-14(21-12)15(18)17-8-9-20-16(11-17)7-3-4-13(16)10-19-2/h5-6,13H,3-4,7-11H2,1-2H3/t13-,16-/m1/s1. The number of amides is 1. The molecule has 21 heavy (non-hydrogen) atoms. The molecule has 0 N–H and O–H groups in total. The van der Waals surface area contributed by atoms with Crippen molar-refractivity contribution in [2.45, 2.75) is 31.8 Å². The van der Waals surface area contributed by atoms with E-state index in [0.29, 0.717) is 38.0 Å². The van der Waals surface area contributed by atoms with Crippen LogP contribution in [0.4, 0.5) is 0 Å². The molecule has 5 heteroatoms. The topological polar surface area (TPSA) is 51.9 Å². The summed E-state index contributed by atoms with van der Waals surface area (Å²) in [5.41, 5.74) is -0.231. The van der Waals surface area contributed by atoms with Crippen molar-refractivity contribution >= 4 is 5.91 Å². The van der Waals surface area contributed by atoms with Gasteiger partial charge in [0.1, 0.15) is 5.76 Å². The normalized spacial score (nSPS) is 29.2. The SMILES string of the molecule is COC[C@H]1CCC[C@@]12CN(C(=O)c1ccc(C)o1)CCO2. The van der Waals surface area contributed by atoms with E-state index in [2.05, 4.69) is 0 Å². The van der Waals surface area contributed by atoms with Crippen molar-refractivity contribution in [3.63, 3.8) is 0 Å². The van der Waals surface area contributed by atoms with Gasteiger partial charge in [0.25, 0.3) is 5.91 Å². The lowest BCUT2D eigenvalue weighted by Crippen LogP contribution is -2.56. The van der Waals surface area contributed by atoms with E-state index >= 15 is 0 Å². The Kier molecular flexibility index (Phi) is 4.04. The van der Waals surface area contributed by atoms with E-state index in [0.717, 1.165) is 25.0 Å². The predicted molar refractivity (Wildman–Crippen MR) is 77.2 cm³/mol. The number of carbonyl (C=O) groups is 1. The highest BCUT2D eigenvalue weighted by Crippen LogP contribution is 2.41. The summed E-state index contributed by atoms with van der Waals surface area (Å²) in [6, 6.07) is 3.58. The van der Waals surface area contributed by atoms with Crippen LogP contribution in [0.5, 0.6) is 0 Å². The van der Waals surface area contributed by atoms with Crippen LogP contribution in [-0.4, -0.2) is 49.8 Å². The van der Waals surface area contributed by atoms with Crippen molar-refractivity contribution in [1.29, 1.82) is 0 Å². The van der Waals surface area contributed by atoms with E-state index in [1.807, 2.05) is 17.9 Å². The molecular formula is C16H23NO4. The second-order valence-corrected chi connectivity index (χ2v) is 6.09. The van der Waals surface area contributed by atoms with Crippen molar-refractivity contribution < 1.29 is 18.7 Å². The molecule has 1 spiro atoms. The van der Waals surface area contributed by atoms with Crippen LogP contribution in [0.25, 0.3) is 0 Å². The first-order valence-corrected chi connectivity index (χ1v) is 7.63. The largest absolute Gasteiger partial charge is 0.456 e. The zero-order valence-electron chi connectivity index (χ0n) is 12.8. The van der Waals surface area contributed by atoms with Gasteiger partial charge in [0.05, 0.1) is 25.4 Å². The third-order valence-electron chi connectivity index (χ3n) is 4.71. The van der Waals surface area contributed by atoms with Gasteiger partial charge in [-0.05, 0) is 31.9 Å². The molecule has 2 atom stereocenters. The summed E-state index contributed by atoms with van der Waals surface area (Å²) >= 11 is 0. The fourth-order valence-corrected chi connectivity index (χ4v) is 3.63. The van der Waals surface area contributed by atoms with E-state index in [1.54, 1.807) is 13.2 Å². The fraction of sp³-hybridized carbons (Fsp3) is 0.688. The van der Waals surface area contributed by atoms with E-state index in [4.69, 9.17) is 13.9 Å².